The zero-order valence-corrected chi connectivity index (χ0v) is 15.1. The minimum Gasteiger partial charge on any atom is -0.398 e. The van der Waals surface area contributed by atoms with E-state index in [0.29, 0.717) is 0 Å². The molecule has 0 spiro atoms. The average molecular weight is 373 g/mol. The van der Waals surface area contributed by atoms with Gasteiger partial charge in [-0.1, -0.05) is 0 Å². The quantitative estimate of drug-likeness (QED) is 0.660. The maximum absolute atomic E-state index is 14.8. The normalized spacial score (nSPS) is 29.4. The summed E-state index contributed by atoms with van der Waals surface area (Å²) in [6, 6.07) is 2.08. The summed E-state index contributed by atoms with van der Waals surface area (Å²) >= 11 is 5.13. The van der Waals surface area contributed by atoms with Gasteiger partial charge in [0.1, 0.15) is 5.73 Å². The molecule has 1 aromatic rings. The first-order valence-electron chi connectivity index (χ1n) is 7.19. The second-order valence-electron chi connectivity index (χ2n) is 6.72. The predicted molar refractivity (Wildman–Crippen MR) is 88.2 cm³/mol. The summed E-state index contributed by atoms with van der Waals surface area (Å²) in [5.41, 5.74) is -0.390. The van der Waals surface area contributed by atoms with Crippen LogP contribution < -0.4 is 0 Å². The Kier molecular flexibility index (Phi) is 3.88. The molecule has 1 unspecified atom stereocenters. The van der Waals surface area contributed by atoms with Gasteiger partial charge in [-0.2, -0.15) is 0 Å². The van der Waals surface area contributed by atoms with Crippen molar-refractivity contribution < 1.29 is 13.7 Å². The number of hydrogen-bond donors (Lipinski definition) is 0. The van der Waals surface area contributed by atoms with Crippen LogP contribution in [-0.2, 0) is 9.31 Å². The highest BCUT2D eigenvalue weighted by molar-refractivity contribution is 9.10. The fourth-order valence-corrected chi connectivity index (χ4v) is 4.26. The van der Waals surface area contributed by atoms with E-state index in [-0.39, 0.29) is 11.6 Å². The first-order valence-corrected chi connectivity index (χ1v) is 8.86. The third-order valence-corrected chi connectivity index (χ3v) is 6.63. The second kappa shape index (κ2) is 5.19. The lowest BCUT2D eigenvalue weighted by atomic mass is 9.71. The minimum absolute atomic E-state index is 0.181. The van der Waals surface area contributed by atoms with Crippen LogP contribution in [0.4, 0.5) is 4.39 Å². The maximum atomic E-state index is 14.8. The van der Waals surface area contributed by atoms with Crippen molar-refractivity contribution in [2.75, 3.05) is 0 Å². The fraction of sp³-hybridized carbons (Fsp3) is 0.600. The van der Waals surface area contributed by atoms with Crippen molar-refractivity contribution >= 4 is 34.4 Å². The fourth-order valence-electron chi connectivity index (χ4n) is 2.64. The van der Waals surface area contributed by atoms with Gasteiger partial charge in [0, 0.05) is 20.6 Å². The summed E-state index contributed by atoms with van der Waals surface area (Å²) in [4.78, 5) is 1.20. The Balaban J connectivity index is 1.83. The summed E-state index contributed by atoms with van der Waals surface area (Å²) < 4.78 is 27.5. The van der Waals surface area contributed by atoms with Gasteiger partial charge < -0.3 is 9.31 Å². The van der Waals surface area contributed by atoms with Crippen LogP contribution in [0.3, 0.4) is 0 Å². The highest BCUT2D eigenvalue weighted by atomic mass is 79.9. The first-order chi connectivity index (χ1) is 9.71. The monoisotopic (exact) mass is 372 g/mol. The van der Waals surface area contributed by atoms with Crippen molar-refractivity contribution in [1.29, 1.82) is 0 Å². The SMILES string of the molecule is CC1(C)OB(C(F)=C2CCC2c2cc(Br)cs2)OC1(C)C. The molecule has 2 heterocycles. The lowest BCUT2D eigenvalue weighted by Gasteiger charge is -2.32. The van der Waals surface area contributed by atoms with Gasteiger partial charge in [0.05, 0.1) is 11.2 Å². The molecule has 2 nitrogen and oxygen atoms in total. The molecule has 0 bridgehead atoms. The summed E-state index contributed by atoms with van der Waals surface area (Å²) in [6.45, 7) is 7.78. The number of thiophene rings is 1. The largest absolute Gasteiger partial charge is 0.525 e. The van der Waals surface area contributed by atoms with Gasteiger partial charge in [0.15, 0.2) is 0 Å². The van der Waals surface area contributed by atoms with Gasteiger partial charge in [-0.3, -0.25) is 0 Å². The molecular formula is C15H19BBrFO2S. The number of allylic oxidation sites excluding steroid dienone is 1. The van der Waals surface area contributed by atoms with Gasteiger partial charge in [0.2, 0.25) is 0 Å². The molecule has 1 aromatic heterocycles. The Morgan fingerprint density at radius 1 is 1.33 bits per heavy atom. The molecule has 0 radical (unpaired) electrons. The van der Waals surface area contributed by atoms with Crippen LogP contribution in [-0.4, -0.2) is 18.3 Å². The van der Waals surface area contributed by atoms with E-state index >= 15 is 0 Å². The topological polar surface area (TPSA) is 18.5 Å². The third kappa shape index (κ3) is 2.65. The molecule has 2 aliphatic rings. The van der Waals surface area contributed by atoms with Crippen molar-refractivity contribution in [1.82, 2.24) is 0 Å². The molecule has 3 rings (SSSR count). The predicted octanol–water partition coefficient (Wildman–Crippen LogP) is 5.24. The molecule has 2 fully saturated rings. The number of rotatable bonds is 2. The Bertz CT molecular complexity index is 580. The van der Waals surface area contributed by atoms with E-state index in [1.807, 2.05) is 33.1 Å². The third-order valence-electron chi connectivity index (χ3n) is 4.82. The van der Waals surface area contributed by atoms with E-state index in [9.17, 15) is 4.39 Å². The zero-order valence-electron chi connectivity index (χ0n) is 12.7. The standard InChI is InChI=1S/C15H19BBrFO2S/c1-14(2)15(3,4)20-16(19-14)13(18)11-6-5-10(11)12-7-9(17)8-21-12/h7-8,10H,5-6H2,1-4H3. The Morgan fingerprint density at radius 3 is 2.38 bits per heavy atom. The van der Waals surface area contributed by atoms with E-state index in [2.05, 4.69) is 22.0 Å². The van der Waals surface area contributed by atoms with Crippen molar-refractivity contribution in [2.24, 2.45) is 0 Å². The van der Waals surface area contributed by atoms with Crippen LogP contribution >= 0.6 is 27.3 Å². The smallest absolute Gasteiger partial charge is 0.398 e. The molecule has 21 heavy (non-hydrogen) atoms. The molecule has 0 N–H and O–H groups in total. The molecule has 1 atom stereocenters. The van der Waals surface area contributed by atoms with Crippen LogP contribution in [0.25, 0.3) is 0 Å². The zero-order chi connectivity index (χ0) is 15.4. The summed E-state index contributed by atoms with van der Waals surface area (Å²) in [6.07, 6.45) is 1.78. The van der Waals surface area contributed by atoms with Crippen LogP contribution in [0.1, 0.15) is 51.3 Å². The van der Waals surface area contributed by atoms with Crippen molar-refractivity contribution in [3.05, 3.63) is 32.1 Å². The lowest BCUT2D eigenvalue weighted by molar-refractivity contribution is 0.00578. The van der Waals surface area contributed by atoms with Gasteiger partial charge in [-0.15, -0.1) is 11.3 Å². The van der Waals surface area contributed by atoms with Crippen LogP contribution in [0, 0.1) is 0 Å². The first kappa shape index (κ1) is 15.7. The van der Waals surface area contributed by atoms with E-state index in [1.165, 1.54) is 4.88 Å². The molecule has 1 saturated carbocycles. The number of halogens is 2. The Morgan fingerprint density at radius 2 is 1.95 bits per heavy atom. The van der Waals surface area contributed by atoms with Gasteiger partial charge >= 0.3 is 7.12 Å². The molecule has 114 valence electrons. The van der Waals surface area contributed by atoms with Crippen molar-refractivity contribution in [2.45, 2.75) is 57.7 Å². The van der Waals surface area contributed by atoms with Crippen LogP contribution in [0.2, 0.25) is 0 Å². The molecule has 6 heteroatoms. The van der Waals surface area contributed by atoms with Crippen LogP contribution in [0.15, 0.2) is 27.2 Å². The summed E-state index contributed by atoms with van der Waals surface area (Å²) in [5, 5.41) is 2.04. The number of hydrogen-bond acceptors (Lipinski definition) is 3. The molecule has 1 aliphatic carbocycles. The van der Waals surface area contributed by atoms with Crippen LogP contribution in [0.5, 0.6) is 0 Å². The lowest BCUT2D eigenvalue weighted by Crippen LogP contribution is -2.41. The summed E-state index contributed by atoms with van der Waals surface area (Å²) in [7, 11) is -0.865. The maximum Gasteiger partial charge on any atom is 0.525 e. The molecule has 1 saturated heterocycles. The molecular weight excluding hydrogens is 354 g/mol. The minimum atomic E-state index is -0.865. The highest BCUT2D eigenvalue weighted by Gasteiger charge is 2.54. The Hall–Kier alpha value is -0.165. The Labute approximate surface area is 138 Å². The van der Waals surface area contributed by atoms with E-state index in [4.69, 9.17) is 9.31 Å². The molecule has 0 amide bonds. The van der Waals surface area contributed by atoms with Gasteiger partial charge in [-0.25, -0.2) is 4.39 Å². The molecule has 0 aromatic carbocycles. The van der Waals surface area contributed by atoms with Crippen molar-refractivity contribution in [3.8, 4) is 0 Å². The van der Waals surface area contributed by atoms with E-state index < -0.39 is 18.3 Å². The summed E-state index contributed by atoms with van der Waals surface area (Å²) in [5.74, 6) is 0.181. The highest BCUT2D eigenvalue weighted by Crippen LogP contribution is 2.49. The van der Waals surface area contributed by atoms with Gasteiger partial charge in [0.25, 0.3) is 0 Å². The van der Waals surface area contributed by atoms with Crippen molar-refractivity contribution in [3.63, 3.8) is 0 Å². The van der Waals surface area contributed by atoms with Gasteiger partial charge in [-0.05, 0) is 68.1 Å². The molecule has 1 aliphatic heterocycles. The van der Waals surface area contributed by atoms with E-state index in [1.54, 1.807) is 11.3 Å². The second-order valence-corrected chi connectivity index (χ2v) is 8.58. The van der Waals surface area contributed by atoms with E-state index in [0.717, 1.165) is 22.9 Å². The average Bonchev–Trinajstić information content (AvgIpc) is 2.80.